The molecule has 11 N–H and O–H groups in total. The van der Waals surface area contributed by atoms with Gasteiger partial charge in [0.2, 0.25) is 29.2 Å². The first kappa shape index (κ1) is 37.1. The zero-order chi connectivity index (χ0) is 35.6. The number of piperazine rings is 1. The molecule has 0 spiro atoms. The Kier molecular flexibility index (Phi) is 11.3. The molecule has 3 aliphatic heterocycles. The van der Waals surface area contributed by atoms with Crippen LogP contribution in [0.4, 0.5) is 35.2 Å². The Morgan fingerprint density at radius 2 is 1.37 bits per heavy atom. The number of nitrogens with one attached hydrogen (secondary N) is 3. The molecule has 3 aromatic heterocycles. The highest BCUT2D eigenvalue weighted by molar-refractivity contribution is 6.05. The van der Waals surface area contributed by atoms with Gasteiger partial charge in [-0.2, -0.15) is 19.9 Å². The van der Waals surface area contributed by atoms with Gasteiger partial charge in [0.1, 0.15) is 11.2 Å². The van der Waals surface area contributed by atoms with Crippen molar-refractivity contribution >= 4 is 64.5 Å². The third-order valence-electron chi connectivity index (χ3n) is 9.39. The van der Waals surface area contributed by atoms with Gasteiger partial charge in [-0.05, 0) is 44.0 Å². The molecule has 0 aliphatic carbocycles. The van der Waals surface area contributed by atoms with E-state index in [2.05, 4.69) is 25.8 Å². The highest BCUT2D eigenvalue weighted by atomic mass is 35.5. The molecule has 3 fully saturated rings. The topological polar surface area (TPSA) is 253 Å². The van der Waals surface area contributed by atoms with Gasteiger partial charge in [0.05, 0.1) is 5.39 Å². The molecule has 0 bridgehead atoms. The minimum atomic E-state index is -0.529. The molecule has 18 nitrogen and oxygen atoms in total. The number of carbonyl (C=O) groups excluding carboxylic acids is 1. The molecule has 19 heteroatoms. The number of pyridine rings is 1. The zero-order valence-corrected chi connectivity index (χ0v) is 29.9. The standard InChI is InChI=1S/C33H46N16O2.ClH/c1-2-46-18-26(27(50)25-13-39-31(42-28(25)46)47-9-7-38-8-10-47)29(51)40-23-3-5-24(6-4-23)41-30-43-32(48-14-19(34)11-20(35)15-48)45-33(44-30)49-16-21(36)12-22(37)17-49;/h3-6,13,18-22,38H,2,7-12,14-17,34-37H2,1H3,(H,40,51)(H,41,43,44,45);1H/t19-,20+,21-,22+;. The SMILES string of the molecule is CCn1cc(C(=O)Nc2ccc(Nc3nc(N4C[C@H](N)C[C@H](N)C4)nc(N4C[C@H](N)C[C@H](N)C4)n3)cc2)c(=O)c2cnc(N3CCNCC3)nc21.Cl. The average Bonchev–Trinajstić information content (AvgIpc) is 3.12. The second-order valence-corrected chi connectivity index (χ2v) is 13.5. The van der Waals surface area contributed by atoms with Crippen molar-refractivity contribution in [3.63, 3.8) is 0 Å². The van der Waals surface area contributed by atoms with Gasteiger partial charge in [-0.3, -0.25) is 9.59 Å². The summed E-state index contributed by atoms with van der Waals surface area (Å²) in [6, 6.07) is 6.62. The van der Waals surface area contributed by atoms with Crippen molar-refractivity contribution in [2.45, 2.75) is 50.5 Å². The van der Waals surface area contributed by atoms with Crippen LogP contribution in [0.1, 0.15) is 30.1 Å². The van der Waals surface area contributed by atoms with Crippen LogP contribution in [0.5, 0.6) is 0 Å². The van der Waals surface area contributed by atoms with E-state index in [9.17, 15) is 9.59 Å². The average molecular weight is 735 g/mol. The van der Waals surface area contributed by atoms with Crippen LogP contribution in [0.25, 0.3) is 11.0 Å². The van der Waals surface area contributed by atoms with Crippen molar-refractivity contribution in [2.75, 3.05) is 77.7 Å². The normalized spacial score (nSPS) is 22.2. The van der Waals surface area contributed by atoms with Gasteiger partial charge in [0, 0.05) is 107 Å². The van der Waals surface area contributed by atoms with E-state index in [0.29, 0.717) is 78.9 Å². The van der Waals surface area contributed by atoms with Gasteiger partial charge < -0.3 is 58.2 Å². The monoisotopic (exact) mass is 734 g/mol. The molecule has 6 heterocycles. The fourth-order valence-corrected chi connectivity index (χ4v) is 6.92. The van der Waals surface area contributed by atoms with Gasteiger partial charge in [0.15, 0.2) is 0 Å². The maximum absolute atomic E-state index is 13.5. The van der Waals surface area contributed by atoms with Crippen LogP contribution < -0.4 is 59.0 Å². The molecular formula is C33H47ClN16O2. The largest absolute Gasteiger partial charge is 0.338 e. The number of fused-ring (bicyclic) bond motifs is 1. The number of rotatable bonds is 8. The van der Waals surface area contributed by atoms with Crippen molar-refractivity contribution in [2.24, 2.45) is 22.9 Å². The summed E-state index contributed by atoms with van der Waals surface area (Å²) in [5.74, 6) is 1.29. The molecule has 4 aromatic rings. The number of hydrogen-bond donors (Lipinski definition) is 7. The molecule has 3 saturated heterocycles. The van der Waals surface area contributed by atoms with Gasteiger partial charge in [-0.15, -0.1) is 12.4 Å². The number of nitrogens with zero attached hydrogens (tertiary/aromatic N) is 9. The number of nitrogens with two attached hydrogens (primary N) is 4. The van der Waals surface area contributed by atoms with E-state index in [-0.39, 0.29) is 42.1 Å². The summed E-state index contributed by atoms with van der Waals surface area (Å²) in [5, 5.41) is 9.72. The first-order valence-corrected chi connectivity index (χ1v) is 17.5. The number of aromatic nitrogens is 6. The van der Waals surface area contributed by atoms with E-state index >= 15 is 0 Å². The van der Waals surface area contributed by atoms with Crippen LogP contribution in [0.15, 0.2) is 41.5 Å². The fraction of sp³-hybridized carbons (Fsp3) is 0.485. The summed E-state index contributed by atoms with van der Waals surface area (Å²) in [7, 11) is 0. The lowest BCUT2D eigenvalue weighted by atomic mass is 10.0. The molecule has 0 unspecified atom stereocenters. The maximum Gasteiger partial charge on any atom is 0.261 e. The Hall–Kier alpha value is -4.72. The summed E-state index contributed by atoms with van der Waals surface area (Å²) >= 11 is 0. The number of carbonyl (C=O) groups is 1. The van der Waals surface area contributed by atoms with E-state index in [0.717, 1.165) is 39.0 Å². The van der Waals surface area contributed by atoms with E-state index in [1.54, 1.807) is 35.0 Å². The van der Waals surface area contributed by atoms with E-state index in [4.69, 9.17) is 42.9 Å². The number of halogens is 1. The number of aryl methyl sites for hydroxylation is 1. The number of amides is 1. The van der Waals surface area contributed by atoms with Crippen molar-refractivity contribution in [1.29, 1.82) is 0 Å². The van der Waals surface area contributed by atoms with Crippen LogP contribution in [-0.4, -0.2) is 112 Å². The van der Waals surface area contributed by atoms with E-state index in [1.165, 1.54) is 6.20 Å². The Balaban J connectivity index is 0.00000464. The molecule has 3 aliphatic rings. The van der Waals surface area contributed by atoms with Crippen molar-refractivity contribution < 1.29 is 4.79 Å². The summed E-state index contributed by atoms with van der Waals surface area (Å²) in [6.07, 6.45) is 4.52. The fourth-order valence-electron chi connectivity index (χ4n) is 6.92. The molecule has 0 saturated carbocycles. The number of hydrogen-bond acceptors (Lipinski definition) is 16. The molecule has 0 radical (unpaired) electrons. The smallest absolute Gasteiger partial charge is 0.261 e. The quantitative estimate of drug-likeness (QED) is 0.121. The molecule has 4 atom stereocenters. The van der Waals surface area contributed by atoms with Crippen LogP contribution in [0, 0.1) is 0 Å². The highest BCUT2D eigenvalue weighted by Gasteiger charge is 2.29. The minimum Gasteiger partial charge on any atom is -0.338 e. The Morgan fingerprint density at radius 1 is 0.808 bits per heavy atom. The second kappa shape index (κ2) is 15.9. The molecule has 278 valence electrons. The first-order chi connectivity index (χ1) is 24.6. The van der Waals surface area contributed by atoms with Crippen molar-refractivity contribution in [3.8, 4) is 0 Å². The Morgan fingerprint density at radius 3 is 1.92 bits per heavy atom. The second-order valence-electron chi connectivity index (χ2n) is 13.5. The summed E-state index contributed by atoms with van der Waals surface area (Å²) < 4.78 is 1.81. The van der Waals surface area contributed by atoms with Crippen molar-refractivity contribution in [1.82, 2.24) is 34.8 Å². The van der Waals surface area contributed by atoms with Crippen molar-refractivity contribution in [3.05, 3.63) is 52.4 Å². The molecule has 1 amide bonds. The van der Waals surface area contributed by atoms with Crippen LogP contribution in [-0.2, 0) is 6.54 Å². The van der Waals surface area contributed by atoms with E-state index in [1.807, 2.05) is 16.7 Å². The van der Waals surface area contributed by atoms with Gasteiger partial charge in [0.25, 0.3) is 5.91 Å². The molecule has 7 rings (SSSR count). The number of piperidine rings is 2. The molecular weight excluding hydrogens is 688 g/mol. The van der Waals surface area contributed by atoms with Crippen LogP contribution in [0.2, 0.25) is 0 Å². The summed E-state index contributed by atoms with van der Waals surface area (Å²) in [6.45, 7) is 7.95. The van der Waals surface area contributed by atoms with Gasteiger partial charge in [-0.1, -0.05) is 0 Å². The van der Waals surface area contributed by atoms with E-state index < -0.39 is 11.3 Å². The molecule has 52 heavy (non-hydrogen) atoms. The Bertz CT molecular complexity index is 1870. The molecule has 1 aromatic carbocycles. The third-order valence-corrected chi connectivity index (χ3v) is 9.39. The predicted octanol–water partition coefficient (Wildman–Crippen LogP) is -0.447. The lowest BCUT2D eigenvalue weighted by molar-refractivity contribution is 0.102. The Labute approximate surface area is 307 Å². The minimum absolute atomic E-state index is 0. The predicted molar refractivity (Wildman–Crippen MR) is 205 cm³/mol. The summed E-state index contributed by atoms with van der Waals surface area (Å²) in [5.41, 5.74) is 26.4. The van der Waals surface area contributed by atoms with Gasteiger partial charge in [-0.25, -0.2) is 4.98 Å². The van der Waals surface area contributed by atoms with Crippen LogP contribution in [0.3, 0.4) is 0 Å². The zero-order valence-electron chi connectivity index (χ0n) is 29.1. The van der Waals surface area contributed by atoms with Crippen LogP contribution >= 0.6 is 12.4 Å². The third kappa shape index (κ3) is 8.16. The first-order valence-electron chi connectivity index (χ1n) is 17.5. The number of anilines is 6. The maximum atomic E-state index is 13.5. The lowest BCUT2D eigenvalue weighted by Gasteiger charge is -2.37. The lowest BCUT2D eigenvalue weighted by Crippen LogP contribution is -2.54. The summed E-state index contributed by atoms with van der Waals surface area (Å²) in [4.78, 5) is 56.4. The number of benzene rings is 1. The highest BCUT2D eigenvalue weighted by Crippen LogP contribution is 2.25. The van der Waals surface area contributed by atoms with Gasteiger partial charge >= 0.3 is 0 Å².